The number of rotatable bonds is 13. The maximum absolute atomic E-state index is 13.4. The SMILES string of the molecule is COC(OC)[C@H](C[C@@H]1CCCNC1=O)NC(=O)CNC(=O)C(Cc1cccc2ccccc12)NC(=O)c1cc(C)on1. The Morgan fingerprint density at radius 1 is 1.10 bits per heavy atom. The van der Waals surface area contributed by atoms with E-state index in [1.165, 1.54) is 20.3 Å². The molecule has 0 bridgehead atoms. The van der Waals surface area contributed by atoms with E-state index in [-0.39, 0.29) is 30.5 Å². The summed E-state index contributed by atoms with van der Waals surface area (Å²) in [5.74, 6) is -1.54. The minimum atomic E-state index is -1.01. The van der Waals surface area contributed by atoms with Crippen LogP contribution in [0.5, 0.6) is 0 Å². The Hall–Kier alpha value is -4.29. The average molecular weight is 580 g/mol. The molecule has 224 valence electrons. The molecule has 4 N–H and O–H groups in total. The quantitative estimate of drug-likeness (QED) is 0.222. The van der Waals surface area contributed by atoms with Crippen molar-refractivity contribution in [1.29, 1.82) is 0 Å². The number of fused-ring (bicyclic) bond motifs is 1. The Labute approximate surface area is 243 Å². The first-order valence-corrected chi connectivity index (χ1v) is 13.9. The first kappa shape index (κ1) is 30.7. The van der Waals surface area contributed by atoms with Crippen LogP contribution in [0.25, 0.3) is 10.8 Å². The number of nitrogens with one attached hydrogen (secondary N) is 4. The number of methoxy groups -OCH3 is 2. The zero-order valence-electron chi connectivity index (χ0n) is 24.0. The summed E-state index contributed by atoms with van der Waals surface area (Å²) in [6.07, 6.45) is 1.23. The van der Waals surface area contributed by atoms with Gasteiger partial charge in [0.2, 0.25) is 17.7 Å². The topological polar surface area (TPSA) is 161 Å². The third kappa shape index (κ3) is 7.92. The molecule has 1 fully saturated rings. The molecule has 1 unspecified atom stereocenters. The Kier molecular flexibility index (Phi) is 10.6. The van der Waals surface area contributed by atoms with E-state index in [0.29, 0.717) is 25.1 Å². The molecule has 12 nitrogen and oxygen atoms in total. The van der Waals surface area contributed by atoms with Crippen molar-refractivity contribution in [2.45, 2.75) is 51.0 Å². The fourth-order valence-electron chi connectivity index (χ4n) is 5.18. The van der Waals surface area contributed by atoms with Gasteiger partial charge in [-0.05, 0) is 42.5 Å². The van der Waals surface area contributed by atoms with Crippen molar-refractivity contribution in [2.75, 3.05) is 27.3 Å². The van der Waals surface area contributed by atoms with E-state index in [2.05, 4.69) is 26.4 Å². The molecule has 3 atom stereocenters. The highest BCUT2D eigenvalue weighted by molar-refractivity contribution is 5.97. The van der Waals surface area contributed by atoms with Crippen molar-refractivity contribution >= 4 is 34.4 Å². The highest BCUT2D eigenvalue weighted by atomic mass is 16.7. The summed E-state index contributed by atoms with van der Waals surface area (Å²) < 4.78 is 15.8. The molecule has 0 radical (unpaired) electrons. The van der Waals surface area contributed by atoms with E-state index in [1.54, 1.807) is 6.92 Å². The number of aryl methyl sites for hydroxylation is 1. The standard InChI is InChI=1S/C30H37N5O7/c1-18-14-24(35-42-18)29(39)34-23(15-20-10-6-9-19-8-4-5-12-22(19)20)28(38)32-17-26(36)33-25(30(40-2)41-3)16-21-11-7-13-31-27(21)37/h4-6,8-10,12,14,21,23,25,30H,7,11,13,15-17H2,1-3H3,(H,31,37)(H,32,38)(H,33,36)(H,34,39)/t21-,23?,25-/m0/s1. The van der Waals surface area contributed by atoms with Crippen LogP contribution in [0.4, 0.5) is 0 Å². The first-order valence-electron chi connectivity index (χ1n) is 13.9. The van der Waals surface area contributed by atoms with Crippen LogP contribution in [0, 0.1) is 12.8 Å². The number of ether oxygens (including phenoxy) is 2. The Morgan fingerprint density at radius 2 is 1.86 bits per heavy atom. The molecular weight excluding hydrogens is 542 g/mol. The number of hydrogen-bond acceptors (Lipinski definition) is 8. The number of carbonyl (C=O) groups is 4. The molecule has 4 amide bonds. The summed E-state index contributed by atoms with van der Waals surface area (Å²) in [4.78, 5) is 51.6. The summed E-state index contributed by atoms with van der Waals surface area (Å²) in [5.41, 5.74) is 0.893. The number of carbonyl (C=O) groups excluding carboxylic acids is 4. The summed E-state index contributed by atoms with van der Waals surface area (Å²) in [6.45, 7) is 1.93. The lowest BCUT2D eigenvalue weighted by Crippen LogP contribution is -2.53. The van der Waals surface area contributed by atoms with Crippen molar-refractivity contribution in [3.8, 4) is 0 Å². The van der Waals surface area contributed by atoms with Crippen LogP contribution in [0.2, 0.25) is 0 Å². The van der Waals surface area contributed by atoms with Gasteiger partial charge in [0.1, 0.15) is 11.8 Å². The molecule has 4 rings (SSSR count). The van der Waals surface area contributed by atoms with Gasteiger partial charge in [0.05, 0.1) is 12.6 Å². The molecule has 0 spiro atoms. The second-order valence-electron chi connectivity index (χ2n) is 10.3. The zero-order chi connectivity index (χ0) is 30.1. The Morgan fingerprint density at radius 3 is 2.57 bits per heavy atom. The maximum Gasteiger partial charge on any atom is 0.274 e. The van der Waals surface area contributed by atoms with Crippen molar-refractivity contribution in [2.24, 2.45) is 5.92 Å². The number of nitrogens with zero attached hydrogens (tertiary/aromatic N) is 1. The van der Waals surface area contributed by atoms with E-state index in [9.17, 15) is 19.2 Å². The number of benzene rings is 2. The second-order valence-corrected chi connectivity index (χ2v) is 10.3. The van der Waals surface area contributed by atoms with Crippen LogP contribution >= 0.6 is 0 Å². The molecule has 3 aromatic rings. The lowest BCUT2D eigenvalue weighted by molar-refractivity contribution is -0.143. The van der Waals surface area contributed by atoms with Gasteiger partial charge < -0.3 is 35.3 Å². The second kappa shape index (κ2) is 14.6. The normalized spacial score (nSPS) is 16.5. The molecular formula is C30H37N5O7. The summed E-state index contributed by atoms with van der Waals surface area (Å²) in [7, 11) is 2.90. The van der Waals surface area contributed by atoms with Gasteiger partial charge in [0.15, 0.2) is 12.0 Å². The number of hydrogen-bond donors (Lipinski definition) is 4. The predicted molar refractivity (Wildman–Crippen MR) is 153 cm³/mol. The van der Waals surface area contributed by atoms with E-state index >= 15 is 0 Å². The van der Waals surface area contributed by atoms with Crippen LogP contribution in [0.3, 0.4) is 0 Å². The molecule has 2 aromatic carbocycles. The van der Waals surface area contributed by atoms with Crippen LogP contribution in [0.15, 0.2) is 53.1 Å². The van der Waals surface area contributed by atoms with Crippen molar-refractivity contribution in [1.82, 2.24) is 26.4 Å². The molecule has 12 heteroatoms. The average Bonchev–Trinajstić information content (AvgIpc) is 3.43. The minimum absolute atomic E-state index is 0.0423. The van der Waals surface area contributed by atoms with Crippen molar-refractivity contribution in [3.63, 3.8) is 0 Å². The lowest BCUT2D eigenvalue weighted by atomic mass is 9.91. The van der Waals surface area contributed by atoms with Gasteiger partial charge in [-0.1, -0.05) is 47.6 Å². The van der Waals surface area contributed by atoms with Crippen LogP contribution < -0.4 is 21.3 Å². The summed E-state index contributed by atoms with van der Waals surface area (Å²) >= 11 is 0. The van der Waals surface area contributed by atoms with E-state index < -0.39 is 36.1 Å². The van der Waals surface area contributed by atoms with E-state index in [1.807, 2.05) is 42.5 Å². The lowest BCUT2D eigenvalue weighted by Gasteiger charge is -2.30. The maximum atomic E-state index is 13.4. The molecule has 1 aliphatic heterocycles. The fraction of sp³-hybridized carbons (Fsp3) is 0.433. The highest BCUT2D eigenvalue weighted by Crippen LogP contribution is 2.21. The van der Waals surface area contributed by atoms with E-state index in [0.717, 1.165) is 22.8 Å². The van der Waals surface area contributed by atoms with Gasteiger partial charge in [-0.2, -0.15) is 0 Å². The molecule has 0 aliphatic carbocycles. The van der Waals surface area contributed by atoms with Crippen LogP contribution in [-0.2, 0) is 30.3 Å². The Bertz CT molecular complexity index is 1400. The third-order valence-corrected chi connectivity index (χ3v) is 7.29. The molecule has 1 aromatic heterocycles. The molecule has 1 saturated heterocycles. The smallest absolute Gasteiger partial charge is 0.274 e. The predicted octanol–water partition coefficient (Wildman–Crippen LogP) is 1.61. The Balaban J connectivity index is 1.45. The van der Waals surface area contributed by atoms with Crippen molar-refractivity contribution in [3.05, 3.63) is 65.5 Å². The molecule has 42 heavy (non-hydrogen) atoms. The first-order chi connectivity index (χ1) is 20.3. The highest BCUT2D eigenvalue weighted by Gasteiger charge is 2.31. The largest absolute Gasteiger partial charge is 0.361 e. The van der Waals surface area contributed by atoms with Gasteiger partial charge in [0, 0.05) is 39.2 Å². The molecule has 1 aliphatic rings. The van der Waals surface area contributed by atoms with Gasteiger partial charge in [0.25, 0.3) is 5.91 Å². The van der Waals surface area contributed by atoms with Crippen LogP contribution in [0.1, 0.15) is 41.1 Å². The van der Waals surface area contributed by atoms with E-state index in [4.69, 9.17) is 14.0 Å². The van der Waals surface area contributed by atoms with Crippen LogP contribution in [-0.4, -0.2) is 74.5 Å². The zero-order valence-corrected chi connectivity index (χ0v) is 24.0. The van der Waals surface area contributed by atoms with Gasteiger partial charge >= 0.3 is 0 Å². The van der Waals surface area contributed by atoms with Crippen molar-refractivity contribution < 1.29 is 33.2 Å². The third-order valence-electron chi connectivity index (χ3n) is 7.29. The number of aromatic nitrogens is 1. The molecule has 2 heterocycles. The van der Waals surface area contributed by atoms with Gasteiger partial charge in [-0.3, -0.25) is 19.2 Å². The van der Waals surface area contributed by atoms with Gasteiger partial charge in [-0.25, -0.2) is 0 Å². The number of piperidine rings is 1. The molecule has 0 saturated carbocycles. The number of amides is 4. The minimum Gasteiger partial charge on any atom is -0.361 e. The summed E-state index contributed by atoms with van der Waals surface area (Å²) in [6, 6.07) is 13.3. The van der Waals surface area contributed by atoms with Gasteiger partial charge in [-0.15, -0.1) is 0 Å². The summed E-state index contributed by atoms with van der Waals surface area (Å²) in [5, 5.41) is 16.7. The monoisotopic (exact) mass is 579 g/mol. The fourth-order valence-corrected chi connectivity index (χ4v) is 5.18.